The van der Waals surface area contributed by atoms with Crippen molar-refractivity contribution in [1.29, 1.82) is 0 Å². The van der Waals surface area contributed by atoms with Gasteiger partial charge in [0.1, 0.15) is 0 Å². The van der Waals surface area contributed by atoms with Crippen molar-refractivity contribution in [2.45, 2.75) is 38.7 Å². The molecular weight excluding hydrogens is 378 g/mol. The van der Waals surface area contributed by atoms with Gasteiger partial charge in [-0.2, -0.15) is 5.10 Å². The van der Waals surface area contributed by atoms with E-state index < -0.39 is 0 Å². The van der Waals surface area contributed by atoms with Crippen molar-refractivity contribution >= 4 is 23.9 Å². The number of carbonyl (C=O) groups is 1. The molecule has 1 N–H and O–H groups in total. The Kier molecular flexibility index (Phi) is 6.94. The summed E-state index contributed by atoms with van der Waals surface area (Å²) >= 11 is 1.60. The molecule has 0 aliphatic carbocycles. The van der Waals surface area contributed by atoms with Crippen molar-refractivity contribution in [2.75, 3.05) is 0 Å². The number of benzene rings is 2. The Morgan fingerprint density at radius 2 is 1.79 bits per heavy atom. The summed E-state index contributed by atoms with van der Waals surface area (Å²) in [5.74, 6) is 0.714. The summed E-state index contributed by atoms with van der Waals surface area (Å²) in [6, 6.07) is 20.6. The van der Waals surface area contributed by atoms with Gasteiger partial charge in [0.2, 0.25) is 0 Å². The van der Waals surface area contributed by atoms with E-state index in [4.69, 9.17) is 0 Å². The van der Waals surface area contributed by atoms with Gasteiger partial charge in [-0.05, 0) is 51.0 Å². The van der Waals surface area contributed by atoms with Crippen LogP contribution < -0.4 is 5.43 Å². The number of hydrazone groups is 1. The highest BCUT2D eigenvalue weighted by molar-refractivity contribution is 7.99. The summed E-state index contributed by atoms with van der Waals surface area (Å²) in [4.78, 5) is 12.3. The van der Waals surface area contributed by atoms with Gasteiger partial charge in [-0.25, -0.2) is 5.43 Å². The lowest BCUT2D eigenvalue weighted by atomic mass is 10.2. The molecule has 0 unspecified atom stereocenters. The minimum Gasteiger partial charge on any atom is -0.318 e. The summed E-state index contributed by atoms with van der Waals surface area (Å²) in [6.07, 6.45) is 1.73. The first-order chi connectivity index (χ1) is 14.0. The van der Waals surface area contributed by atoms with Gasteiger partial charge in [-0.3, -0.25) is 4.79 Å². The zero-order valence-corrected chi connectivity index (χ0v) is 18.2. The molecule has 0 saturated carbocycles. The first kappa shape index (κ1) is 20.9. The second-order valence-corrected chi connectivity index (χ2v) is 8.45. The van der Waals surface area contributed by atoms with Crippen LogP contribution in [0.15, 0.2) is 65.8 Å². The number of hydrogen-bond donors (Lipinski definition) is 1. The van der Waals surface area contributed by atoms with E-state index in [2.05, 4.69) is 66.2 Å². The van der Waals surface area contributed by atoms with E-state index in [0.29, 0.717) is 0 Å². The van der Waals surface area contributed by atoms with Crippen LogP contribution in [0.2, 0.25) is 0 Å². The second-order valence-electron chi connectivity index (χ2n) is 7.12. The number of aromatic nitrogens is 1. The van der Waals surface area contributed by atoms with Crippen LogP contribution in [-0.4, -0.2) is 21.9 Å². The Hall–Kier alpha value is -2.79. The number of rotatable bonds is 7. The smallest absolute Gasteiger partial charge is 0.252 e. The van der Waals surface area contributed by atoms with Gasteiger partial charge in [0.15, 0.2) is 0 Å². The van der Waals surface area contributed by atoms with Crippen LogP contribution in [0.3, 0.4) is 0 Å². The maximum Gasteiger partial charge on any atom is 0.252 e. The molecule has 5 heteroatoms. The molecule has 1 heterocycles. The van der Waals surface area contributed by atoms with Crippen LogP contribution in [0.25, 0.3) is 5.69 Å². The second kappa shape index (κ2) is 9.61. The van der Waals surface area contributed by atoms with E-state index in [1.807, 2.05) is 37.3 Å². The van der Waals surface area contributed by atoms with E-state index in [1.165, 1.54) is 11.1 Å². The van der Waals surface area contributed by atoms with Crippen molar-refractivity contribution in [3.05, 3.63) is 88.7 Å². The Morgan fingerprint density at radius 3 is 2.52 bits per heavy atom. The molecule has 29 heavy (non-hydrogen) atoms. The first-order valence-electron chi connectivity index (χ1n) is 9.70. The lowest BCUT2D eigenvalue weighted by Gasteiger charge is -2.12. The van der Waals surface area contributed by atoms with Crippen LogP contribution >= 0.6 is 11.8 Å². The first-order valence-corrected chi connectivity index (χ1v) is 10.8. The number of carbonyl (C=O) groups excluding carboxylic acids is 1. The summed E-state index contributed by atoms with van der Waals surface area (Å²) in [6.45, 7) is 8.16. The van der Waals surface area contributed by atoms with Crippen LogP contribution in [0.4, 0.5) is 0 Å². The topological polar surface area (TPSA) is 46.4 Å². The number of hydrogen-bond acceptors (Lipinski definition) is 3. The summed E-state index contributed by atoms with van der Waals surface area (Å²) in [7, 11) is 0. The van der Waals surface area contributed by atoms with Crippen LogP contribution in [0.5, 0.6) is 0 Å². The van der Waals surface area contributed by atoms with Crippen LogP contribution in [0, 0.1) is 20.8 Å². The van der Waals surface area contributed by atoms with Crippen molar-refractivity contribution in [2.24, 2.45) is 5.10 Å². The van der Waals surface area contributed by atoms with Crippen LogP contribution in [0.1, 0.15) is 35.0 Å². The lowest BCUT2D eigenvalue weighted by molar-refractivity contribution is -0.120. The van der Waals surface area contributed by atoms with Gasteiger partial charge >= 0.3 is 0 Å². The molecule has 1 atom stereocenters. The summed E-state index contributed by atoms with van der Waals surface area (Å²) in [5.41, 5.74) is 9.50. The average molecular weight is 406 g/mol. The molecule has 4 nitrogen and oxygen atoms in total. The predicted molar refractivity (Wildman–Crippen MR) is 123 cm³/mol. The number of nitrogens with one attached hydrogen (secondary N) is 1. The number of thioether (sulfide) groups is 1. The lowest BCUT2D eigenvalue weighted by Crippen LogP contribution is -2.27. The fourth-order valence-electron chi connectivity index (χ4n) is 3.23. The molecule has 0 fully saturated rings. The van der Waals surface area contributed by atoms with Gasteiger partial charge in [-0.1, -0.05) is 48.5 Å². The van der Waals surface area contributed by atoms with Gasteiger partial charge in [0, 0.05) is 28.4 Å². The van der Waals surface area contributed by atoms with Gasteiger partial charge < -0.3 is 4.57 Å². The normalized spacial score (nSPS) is 12.3. The number of nitrogens with zero attached hydrogens (tertiary/aromatic N) is 2. The summed E-state index contributed by atoms with van der Waals surface area (Å²) < 4.78 is 2.22. The Balaban J connectivity index is 1.62. The summed E-state index contributed by atoms with van der Waals surface area (Å²) in [5, 5.41) is 4.02. The molecule has 0 bridgehead atoms. The molecule has 2 aromatic carbocycles. The minimum absolute atomic E-state index is 0.0881. The largest absolute Gasteiger partial charge is 0.318 e. The molecule has 3 rings (SSSR count). The standard InChI is InChI=1S/C24H27N3OS/c1-17-10-8-9-13-23(17)27-18(2)14-22(19(27)3)15-25-26-24(28)20(4)29-16-21-11-6-5-7-12-21/h5-15,20H,16H2,1-4H3,(H,26,28)/b25-15-/t20-/m1/s1. The zero-order chi connectivity index (χ0) is 20.8. The molecule has 0 aliphatic rings. The van der Waals surface area contributed by atoms with Gasteiger partial charge in [-0.15, -0.1) is 11.8 Å². The van der Waals surface area contributed by atoms with Crippen LogP contribution in [-0.2, 0) is 10.5 Å². The molecule has 0 aliphatic heterocycles. The van der Waals surface area contributed by atoms with Gasteiger partial charge in [0.25, 0.3) is 5.91 Å². The van der Waals surface area contributed by atoms with Crippen molar-refractivity contribution in [3.63, 3.8) is 0 Å². The highest BCUT2D eigenvalue weighted by atomic mass is 32.2. The van der Waals surface area contributed by atoms with E-state index in [9.17, 15) is 4.79 Å². The van der Waals surface area contributed by atoms with Gasteiger partial charge in [0.05, 0.1) is 11.5 Å². The SMILES string of the molecule is Cc1ccccc1-n1c(C)cc(/C=N\NC(=O)[C@@H](C)SCc2ccccc2)c1C. The van der Waals surface area contributed by atoms with Crippen molar-refractivity contribution < 1.29 is 4.79 Å². The Labute approximate surface area is 177 Å². The van der Waals surface area contributed by atoms with E-state index >= 15 is 0 Å². The maximum absolute atomic E-state index is 12.3. The Morgan fingerprint density at radius 1 is 1.10 bits per heavy atom. The Bertz CT molecular complexity index is 1010. The quantitative estimate of drug-likeness (QED) is 0.435. The van der Waals surface area contributed by atoms with Crippen molar-refractivity contribution in [1.82, 2.24) is 9.99 Å². The molecule has 1 aromatic heterocycles. The minimum atomic E-state index is -0.174. The molecule has 0 radical (unpaired) electrons. The third kappa shape index (κ3) is 5.18. The van der Waals surface area contributed by atoms with E-state index in [-0.39, 0.29) is 11.2 Å². The molecule has 3 aromatic rings. The monoisotopic (exact) mass is 405 g/mol. The van der Waals surface area contributed by atoms with E-state index in [1.54, 1.807) is 18.0 Å². The zero-order valence-electron chi connectivity index (χ0n) is 17.3. The number of amides is 1. The molecule has 1 amide bonds. The fraction of sp³-hybridized carbons (Fsp3) is 0.250. The molecular formula is C24H27N3OS. The fourth-order valence-corrected chi connectivity index (χ4v) is 4.07. The number of aryl methyl sites for hydroxylation is 2. The maximum atomic E-state index is 12.3. The third-order valence-electron chi connectivity index (χ3n) is 4.92. The third-order valence-corrected chi connectivity index (χ3v) is 6.13. The highest BCUT2D eigenvalue weighted by Gasteiger charge is 2.13. The predicted octanol–water partition coefficient (Wildman–Crippen LogP) is 5.17. The molecule has 0 spiro atoms. The van der Waals surface area contributed by atoms with Crippen molar-refractivity contribution in [3.8, 4) is 5.69 Å². The highest BCUT2D eigenvalue weighted by Crippen LogP contribution is 2.22. The van der Waals surface area contributed by atoms with E-state index in [0.717, 1.165) is 28.4 Å². The average Bonchev–Trinajstić information content (AvgIpc) is 3.00. The number of para-hydroxylation sites is 1. The molecule has 0 saturated heterocycles. The molecule has 150 valence electrons.